The van der Waals surface area contributed by atoms with E-state index in [0.717, 1.165) is 13.1 Å². The van der Waals surface area contributed by atoms with Crippen molar-refractivity contribution in [3.8, 4) is 0 Å². The zero-order valence-corrected chi connectivity index (χ0v) is 7.83. The van der Waals surface area contributed by atoms with Gasteiger partial charge in [-0.15, -0.1) is 0 Å². The lowest BCUT2D eigenvalue weighted by atomic mass is 9.88. The van der Waals surface area contributed by atoms with Gasteiger partial charge in [-0.3, -0.25) is 4.99 Å². The highest BCUT2D eigenvalue weighted by molar-refractivity contribution is 5.86. The van der Waals surface area contributed by atoms with E-state index in [1.165, 1.54) is 31.5 Å². The van der Waals surface area contributed by atoms with E-state index in [1.807, 2.05) is 0 Å². The van der Waals surface area contributed by atoms with Crippen molar-refractivity contribution in [3.63, 3.8) is 0 Å². The Kier molecular flexibility index (Phi) is 1.79. The molecule has 0 radical (unpaired) electrons. The van der Waals surface area contributed by atoms with Gasteiger partial charge in [0.25, 0.3) is 0 Å². The van der Waals surface area contributed by atoms with Crippen LogP contribution in [0.15, 0.2) is 4.99 Å². The second kappa shape index (κ2) is 2.98. The first kappa shape index (κ1) is 7.80. The lowest BCUT2D eigenvalue weighted by molar-refractivity contribution is 0.0992. The highest BCUT2D eigenvalue weighted by Crippen LogP contribution is 2.39. The standard InChI is InChI=1S/C10H16N2O/c1-4-11-10(12-5-1)8-6-7-2-3-9(8)13-7/h7-9H,1-6H2,(H,11,12). The molecule has 3 aliphatic heterocycles. The number of hydrogen-bond acceptors (Lipinski definition) is 3. The smallest absolute Gasteiger partial charge is 0.102 e. The third-order valence-electron chi connectivity index (χ3n) is 3.38. The number of nitrogens with one attached hydrogen (secondary N) is 1. The molecular weight excluding hydrogens is 164 g/mol. The third-order valence-corrected chi connectivity index (χ3v) is 3.38. The highest BCUT2D eigenvalue weighted by Gasteiger charge is 2.43. The summed E-state index contributed by atoms with van der Waals surface area (Å²) in [5.41, 5.74) is 0. The van der Waals surface area contributed by atoms with E-state index in [-0.39, 0.29) is 0 Å². The average molecular weight is 180 g/mol. The molecule has 3 atom stereocenters. The molecule has 0 amide bonds. The Morgan fingerprint density at radius 2 is 2.38 bits per heavy atom. The molecular formula is C10H16N2O. The molecule has 72 valence electrons. The van der Waals surface area contributed by atoms with Gasteiger partial charge in [-0.2, -0.15) is 0 Å². The molecule has 3 unspecified atom stereocenters. The normalized spacial score (nSPS) is 43.1. The van der Waals surface area contributed by atoms with E-state index in [9.17, 15) is 0 Å². The molecule has 3 rings (SSSR count). The van der Waals surface area contributed by atoms with Crippen LogP contribution in [0.3, 0.4) is 0 Å². The molecule has 0 aromatic rings. The van der Waals surface area contributed by atoms with Crippen LogP contribution in [0.4, 0.5) is 0 Å². The quantitative estimate of drug-likeness (QED) is 0.651. The monoisotopic (exact) mass is 180 g/mol. The number of nitrogens with zero attached hydrogens (tertiary/aromatic N) is 1. The first-order valence-electron chi connectivity index (χ1n) is 5.37. The van der Waals surface area contributed by atoms with Crippen molar-refractivity contribution in [2.45, 2.75) is 37.9 Å². The Balaban J connectivity index is 1.75. The molecule has 0 spiro atoms. The van der Waals surface area contributed by atoms with Gasteiger partial charge in [-0.25, -0.2) is 0 Å². The predicted molar refractivity (Wildman–Crippen MR) is 50.9 cm³/mol. The van der Waals surface area contributed by atoms with Gasteiger partial charge in [-0.05, 0) is 25.7 Å². The Hall–Kier alpha value is -0.570. The second-order valence-corrected chi connectivity index (χ2v) is 4.26. The van der Waals surface area contributed by atoms with Crippen molar-refractivity contribution >= 4 is 5.84 Å². The van der Waals surface area contributed by atoms with Crippen LogP contribution in [0.2, 0.25) is 0 Å². The topological polar surface area (TPSA) is 33.6 Å². The second-order valence-electron chi connectivity index (χ2n) is 4.26. The van der Waals surface area contributed by atoms with Crippen LogP contribution in [0.1, 0.15) is 25.7 Å². The van der Waals surface area contributed by atoms with Crippen LogP contribution in [-0.2, 0) is 4.74 Å². The fraction of sp³-hybridized carbons (Fsp3) is 0.900. The maximum atomic E-state index is 5.82. The molecule has 2 fully saturated rings. The van der Waals surface area contributed by atoms with Gasteiger partial charge in [0.15, 0.2) is 0 Å². The zero-order valence-electron chi connectivity index (χ0n) is 7.83. The fourth-order valence-electron chi connectivity index (χ4n) is 2.72. The Labute approximate surface area is 78.6 Å². The molecule has 3 heterocycles. The summed E-state index contributed by atoms with van der Waals surface area (Å²) in [7, 11) is 0. The number of rotatable bonds is 1. The molecule has 0 aromatic heterocycles. The number of hydrogen-bond donors (Lipinski definition) is 1. The first-order chi connectivity index (χ1) is 6.43. The first-order valence-corrected chi connectivity index (χ1v) is 5.37. The maximum Gasteiger partial charge on any atom is 0.102 e. The van der Waals surface area contributed by atoms with Gasteiger partial charge in [0, 0.05) is 19.0 Å². The van der Waals surface area contributed by atoms with Gasteiger partial charge in [0.05, 0.1) is 12.2 Å². The Morgan fingerprint density at radius 1 is 1.38 bits per heavy atom. The molecule has 2 bridgehead atoms. The molecule has 3 aliphatic rings. The van der Waals surface area contributed by atoms with Crippen LogP contribution in [0.5, 0.6) is 0 Å². The lowest BCUT2D eigenvalue weighted by Crippen LogP contribution is -2.39. The number of amidine groups is 1. The van der Waals surface area contributed by atoms with E-state index in [1.54, 1.807) is 0 Å². The molecule has 13 heavy (non-hydrogen) atoms. The lowest BCUT2D eigenvalue weighted by Gasteiger charge is -2.24. The Morgan fingerprint density at radius 3 is 3.00 bits per heavy atom. The van der Waals surface area contributed by atoms with E-state index in [0.29, 0.717) is 18.1 Å². The van der Waals surface area contributed by atoms with Gasteiger partial charge in [0.1, 0.15) is 5.84 Å². The van der Waals surface area contributed by atoms with Crippen LogP contribution in [0.25, 0.3) is 0 Å². The van der Waals surface area contributed by atoms with Crippen molar-refractivity contribution in [1.29, 1.82) is 0 Å². The molecule has 0 saturated carbocycles. The van der Waals surface area contributed by atoms with Crippen LogP contribution in [-0.4, -0.2) is 31.1 Å². The van der Waals surface area contributed by atoms with Crippen molar-refractivity contribution in [2.24, 2.45) is 10.9 Å². The van der Waals surface area contributed by atoms with Crippen molar-refractivity contribution in [3.05, 3.63) is 0 Å². The maximum absolute atomic E-state index is 5.82. The van der Waals surface area contributed by atoms with E-state index < -0.39 is 0 Å². The van der Waals surface area contributed by atoms with Crippen molar-refractivity contribution in [1.82, 2.24) is 5.32 Å². The molecule has 1 N–H and O–H groups in total. The van der Waals surface area contributed by atoms with Gasteiger partial charge < -0.3 is 10.1 Å². The summed E-state index contributed by atoms with van der Waals surface area (Å²) in [6.45, 7) is 2.11. The highest BCUT2D eigenvalue weighted by atomic mass is 16.5. The number of fused-ring (bicyclic) bond motifs is 2. The van der Waals surface area contributed by atoms with E-state index in [2.05, 4.69) is 10.3 Å². The van der Waals surface area contributed by atoms with Crippen molar-refractivity contribution < 1.29 is 4.74 Å². The predicted octanol–water partition coefficient (Wildman–Crippen LogP) is 0.946. The minimum Gasteiger partial charge on any atom is -0.374 e. The SMILES string of the molecule is C1CN=C(C2CC3CCC2O3)NC1. The summed E-state index contributed by atoms with van der Waals surface area (Å²) in [5.74, 6) is 1.83. The van der Waals surface area contributed by atoms with Gasteiger partial charge in [-0.1, -0.05) is 0 Å². The van der Waals surface area contributed by atoms with Crippen molar-refractivity contribution in [2.75, 3.05) is 13.1 Å². The minimum absolute atomic E-state index is 0.481. The molecule has 3 heteroatoms. The summed E-state index contributed by atoms with van der Waals surface area (Å²) in [5, 5.41) is 3.42. The number of ether oxygens (including phenoxy) is 1. The summed E-state index contributed by atoms with van der Waals surface area (Å²) < 4.78 is 5.82. The molecule has 2 saturated heterocycles. The molecule has 0 aliphatic carbocycles. The van der Waals surface area contributed by atoms with E-state index in [4.69, 9.17) is 4.74 Å². The molecule has 3 nitrogen and oxygen atoms in total. The molecule has 0 aromatic carbocycles. The van der Waals surface area contributed by atoms with Crippen LogP contribution in [0, 0.1) is 5.92 Å². The third kappa shape index (κ3) is 1.26. The van der Waals surface area contributed by atoms with Crippen LogP contribution >= 0.6 is 0 Å². The summed E-state index contributed by atoms with van der Waals surface area (Å²) in [6.07, 6.45) is 5.93. The van der Waals surface area contributed by atoms with E-state index >= 15 is 0 Å². The zero-order chi connectivity index (χ0) is 8.67. The van der Waals surface area contributed by atoms with Crippen LogP contribution < -0.4 is 5.32 Å². The minimum atomic E-state index is 0.481. The number of aliphatic imine (C=N–C) groups is 1. The average Bonchev–Trinajstić information content (AvgIpc) is 2.80. The fourth-order valence-corrected chi connectivity index (χ4v) is 2.72. The summed E-state index contributed by atoms with van der Waals surface area (Å²) >= 11 is 0. The van der Waals surface area contributed by atoms with Gasteiger partial charge in [0.2, 0.25) is 0 Å². The summed E-state index contributed by atoms with van der Waals surface area (Å²) in [4.78, 5) is 4.56. The Bertz CT molecular complexity index is 239. The summed E-state index contributed by atoms with van der Waals surface area (Å²) in [6, 6.07) is 0. The largest absolute Gasteiger partial charge is 0.374 e. The van der Waals surface area contributed by atoms with Gasteiger partial charge >= 0.3 is 0 Å².